The predicted octanol–water partition coefficient (Wildman–Crippen LogP) is 3.70. The number of benzene rings is 2. The standard InChI is InChI=1S/C15H13NO5/c1-9-3-5-12(7-10(9)2)21-14-6-4-11(15(17)18)8-13(14)16(19)20/h3-8H,1-2H3,(H,17,18). The second kappa shape index (κ2) is 5.62. The van der Waals surface area contributed by atoms with E-state index in [-0.39, 0.29) is 17.0 Å². The monoisotopic (exact) mass is 287 g/mol. The van der Waals surface area contributed by atoms with E-state index in [1.54, 1.807) is 12.1 Å². The van der Waals surface area contributed by atoms with Crippen molar-refractivity contribution in [2.45, 2.75) is 13.8 Å². The number of nitro groups is 1. The van der Waals surface area contributed by atoms with Gasteiger partial charge < -0.3 is 9.84 Å². The highest BCUT2D eigenvalue weighted by atomic mass is 16.6. The maximum Gasteiger partial charge on any atom is 0.335 e. The van der Waals surface area contributed by atoms with Crippen LogP contribution in [-0.4, -0.2) is 16.0 Å². The van der Waals surface area contributed by atoms with Crippen molar-refractivity contribution in [1.82, 2.24) is 0 Å². The van der Waals surface area contributed by atoms with Crippen LogP contribution < -0.4 is 4.74 Å². The molecule has 0 bridgehead atoms. The minimum absolute atomic E-state index is 0.00764. The fourth-order valence-electron chi connectivity index (χ4n) is 1.78. The van der Waals surface area contributed by atoms with E-state index >= 15 is 0 Å². The molecule has 2 rings (SSSR count). The van der Waals surface area contributed by atoms with E-state index < -0.39 is 10.9 Å². The van der Waals surface area contributed by atoms with Gasteiger partial charge in [-0.1, -0.05) is 6.07 Å². The van der Waals surface area contributed by atoms with Crippen molar-refractivity contribution in [3.05, 3.63) is 63.2 Å². The Morgan fingerprint density at radius 2 is 1.86 bits per heavy atom. The van der Waals surface area contributed by atoms with Crippen molar-refractivity contribution >= 4 is 11.7 Å². The molecule has 0 aliphatic heterocycles. The van der Waals surface area contributed by atoms with Crippen LogP contribution >= 0.6 is 0 Å². The van der Waals surface area contributed by atoms with E-state index in [9.17, 15) is 14.9 Å². The van der Waals surface area contributed by atoms with Gasteiger partial charge in [0.2, 0.25) is 5.75 Å². The Balaban J connectivity index is 2.41. The Morgan fingerprint density at radius 1 is 1.14 bits per heavy atom. The van der Waals surface area contributed by atoms with E-state index in [4.69, 9.17) is 9.84 Å². The molecule has 0 heterocycles. The first kappa shape index (κ1) is 14.5. The highest BCUT2D eigenvalue weighted by Crippen LogP contribution is 2.32. The first-order valence-electron chi connectivity index (χ1n) is 6.15. The maximum absolute atomic E-state index is 11.0. The van der Waals surface area contributed by atoms with Crippen molar-refractivity contribution in [3.63, 3.8) is 0 Å². The van der Waals surface area contributed by atoms with Gasteiger partial charge in [0.05, 0.1) is 10.5 Å². The zero-order chi connectivity index (χ0) is 15.6. The van der Waals surface area contributed by atoms with Crippen LogP contribution in [0.3, 0.4) is 0 Å². The second-order valence-corrected chi connectivity index (χ2v) is 4.59. The summed E-state index contributed by atoms with van der Waals surface area (Å²) in [5.74, 6) is -0.756. The summed E-state index contributed by atoms with van der Waals surface area (Å²) in [4.78, 5) is 21.2. The van der Waals surface area contributed by atoms with E-state index in [1.807, 2.05) is 19.9 Å². The van der Waals surface area contributed by atoms with Crippen molar-refractivity contribution < 1.29 is 19.6 Å². The Morgan fingerprint density at radius 3 is 2.43 bits per heavy atom. The van der Waals surface area contributed by atoms with Crippen molar-refractivity contribution in [3.8, 4) is 11.5 Å². The third kappa shape index (κ3) is 3.17. The molecule has 21 heavy (non-hydrogen) atoms. The summed E-state index contributed by atoms with van der Waals surface area (Å²) in [6, 6.07) is 8.87. The van der Waals surface area contributed by atoms with Crippen LogP contribution in [0.1, 0.15) is 21.5 Å². The third-order valence-electron chi connectivity index (χ3n) is 3.11. The summed E-state index contributed by atoms with van der Waals surface area (Å²) >= 11 is 0. The van der Waals surface area contributed by atoms with Crippen LogP contribution in [0.4, 0.5) is 5.69 Å². The number of rotatable bonds is 4. The van der Waals surface area contributed by atoms with E-state index in [0.29, 0.717) is 5.75 Å². The molecule has 1 N–H and O–H groups in total. The van der Waals surface area contributed by atoms with Crippen molar-refractivity contribution in [2.24, 2.45) is 0 Å². The lowest BCUT2D eigenvalue weighted by Crippen LogP contribution is -2.00. The number of nitrogens with zero attached hydrogens (tertiary/aromatic N) is 1. The van der Waals surface area contributed by atoms with Gasteiger partial charge in [-0.2, -0.15) is 0 Å². The van der Waals surface area contributed by atoms with E-state index in [2.05, 4.69) is 0 Å². The number of carboxylic acid groups (broad SMARTS) is 1. The maximum atomic E-state index is 11.0. The number of ether oxygens (including phenoxy) is 1. The van der Waals surface area contributed by atoms with Crippen LogP contribution in [0.15, 0.2) is 36.4 Å². The summed E-state index contributed by atoms with van der Waals surface area (Å²) in [6.07, 6.45) is 0. The molecule has 0 saturated carbocycles. The van der Waals surface area contributed by atoms with Gasteiger partial charge in [-0.25, -0.2) is 4.79 Å². The molecule has 0 fully saturated rings. The normalized spacial score (nSPS) is 10.2. The minimum Gasteiger partial charge on any atom is -0.478 e. The van der Waals surface area contributed by atoms with Crippen LogP contribution in [0, 0.1) is 24.0 Å². The van der Waals surface area contributed by atoms with Gasteiger partial charge >= 0.3 is 11.7 Å². The number of nitro benzene ring substituents is 1. The lowest BCUT2D eigenvalue weighted by atomic mass is 10.1. The molecule has 0 atom stereocenters. The minimum atomic E-state index is -1.23. The molecule has 0 aliphatic carbocycles. The number of carboxylic acids is 1. The van der Waals surface area contributed by atoms with Crippen LogP contribution in [0.2, 0.25) is 0 Å². The molecule has 0 unspecified atom stereocenters. The molecule has 2 aromatic carbocycles. The molecular weight excluding hydrogens is 274 g/mol. The average molecular weight is 287 g/mol. The van der Waals surface area contributed by atoms with Gasteiger partial charge in [0.1, 0.15) is 5.75 Å². The zero-order valence-electron chi connectivity index (χ0n) is 11.5. The van der Waals surface area contributed by atoms with Crippen LogP contribution in [0.25, 0.3) is 0 Å². The van der Waals surface area contributed by atoms with Gasteiger partial charge in [-0.3, -0.25) is 10.1 Å². The predicted molar refractivity (Wildman–Crippen MR) is 76.0 cm³/mol. The van der Waals surface area contributed by atoms with Gasteiger partial charge in [0.15, 0.2) is 0 Å². The highest BCUT2D eigenvalue weighted by Gasteiger charge is 2.19. The van der Waals surface area contributed by atoms with Crippen molar-refractivity contribution in [1.29, 1.82) is 0 Å². The lowest BCUT2D eigenvalue weighted by Gasteiger charge is -2.08. The van der Waals surface area contributed by atoms with E-state index in [1.165, 1.54) is 12.1 Å². The summed E-state index contributed by atoms with van der Waals surface area (Å²) in [5.41, 5.74) is 1.54. The molecule has 0 aliphatic rings. The molecule has 6 nitrogen and oxygen atoms in total. The fourth-order valence-corrected chi connectivity index (χ4v) is 1.78. The fraction of sp³-hybridized carbons (Fsp3) is 0.133. The molecule has 0 radical (unpaired) electrons. The highest BCUT2D eigenvalue weighted by molar-refractivity contribution is 5.88. The molecule has 0 saturated heterocycles. The topological polar surface area (TPSA) is 89.7 Å². The smallest absolute Gasteiger partial charge is 0.335 e. The zero-order valence-corrected chi connectivity index (χ0v) is 11.5. The number of aromatic carboxylic acids is 1. The summed E-state index contributed by atoms with van der Waals surface area (Å²) < 4.78 is 5.51. The number of aryl methyl sites for hydroxylation is 2. The molecule has 6 heteroatoms. The molecule has 108 valence electrons. The van der Waals surface area contributed by atoms with Gasteiger partial charge in [0, 0.05) is 6.07 Å². The first-order valence-corrected chi connectivity index (χ1v) is 6.15. The summed E-state index contributed by atoms with van der Waals surface area (Å²) in [7, 11) is 0. The van der Waals surface area contributed by atoms with Gasteiger partial charge in [0.25, 0.3) is 0 Å². The van der Waals surface area contributed by atoms with Gasteiger partial charge in [-0.15, -0.1) is 0 Å². The molecule has 0 spiro atoms. The lowest BCUT2D eigenvalue weighted by molar-refractivity contribution is -0.385. The summed E-state index contributed by atoms with van der Waals surface area (Å²) in [5, 5.41) is 19.9. The van der Waals surface area contributed by atoms with Gasteiger partial charge in [-0.05, 0) is 49.2 Å². The Hall–Kier alpha value is -2.89. The van der Waals surface area contributed by atoms with E-state index in [0.717, 1.165) is 17.2 Å². The Bertz CT molecular complexity index is 724. The number of hydrogen-bond acceptors (Lipinski definition) is 4. The summed E-state index contributed by atoms with van der Waals surface area (Å²) in [6.45, 7) is 3.85. The quantitative estimate of drug-likeness (QED) is 0.684. The first-order chi connectivity index (χ1) is 9.88. The van der Waals surface area contributed by atoms with Crippen molar-refractivity contribution in [2.75, 3.05) is 0 Å². The average Bonchev–Trinajstić information content (AvgIpc) is 2.43. The number of hydrogen-bond donors (Lipinski definition) is 1. The molecule has 0 aromatic heterocycles. The van der Waals surface area contributed by atoms with Crippen LogP contribution in [0.5, 0.6) is 11.5 Å². The second-order valence-electron chi connectivity index (χ2n) is 4.59. The Labute approximate surface area is 120 Å². The number of carbonyl (C=O) groups is 1. The third-order valence-corrected chi connectivity index (χ3v) is 3.11. The Kier molecular flexibility index (Phi) is 3.89. The molecule has 0 amide bonds. The SMILES string of the molecule is Cc1ccc(Oc2ccc(C(=O)O)cc2[N+](=O)[O-])cc1C. The largest absolute Gasteiger partial charge is 0.478 e. The van der Waals surface area contributed by atoms with Crippen LogP contribution in [-0.2, 0) is 0 Å². The molecule has 2 aromatic rings. The molecular formula is C15H13NO5.